The Bertz CT molecular complexity index is 585. The molecule has 0 saturated heterocycles. The van der Waals surface area contributed by atoms with Crippen LogP contribution in [0.3, 0.4) is 0 Å². The number of H-pyrrole nitrogens is 1. The van der Waals surface area contributed by atoms with E-state index in [2.05, 4.69) is 34.2 Å². The number of nitrogens with zero attached hydrogens (tertiary/aromatic N) is 1. The number of hydrogen-bond acceptors (Lipinski definition) is 2. The van der Waals surface area contributed by atoms with E-state index in [-0.39, 0.29) is 0 Å². The highest BCUT2D eigenvalue weighted by Crippen LogP contribution is 2.40. The van der Waals surface area contributed by atoms with E-state index in [4.69, 9.17) is 12.2 Å². The van der Waals surface area contributed by atoms with Crippen molar-refractivity contribution < 1.29 is 0 Å². The molecule has 0 aliphatic heterocycles. The van der Waals surface area contributed by atoms with Crippen molar-refractivity contribution in [1.82, 2.24) is 9.97 Å². The van der Waals surface area contributed by atoms with Crippen molar-refractivity contribution in [2.24, 2.45) is 0 Å². The van der Waals surface area contributed by atoms with Crippen LogP contribution in [0.25, 0.3) is 11.1 Å². The molecular weight excluding hydrogens is 228 g/mol. The van der Waals surface area contributed by atoms with Gasteiger partial charge in [0, 0.05) is 11.8 Å². The lowest BCUT2D eigenvalue weighted by molar-refractivity contribution is 0.420. The number of nitrogens with one attached hydrogen (secondary N) is 1. The average Bonchev–Trinajstić information content (AvgIpc) is 2.29. The lowest BCUT2D eigenvalue weighted by Gasteiger charge is -2.27. The quantitative estimate of drug-likeness (QED) is 0.804. The molecule has 3 rings (SSSR count). The molecule has 0 unspecified atom stereocenters. The molecule has 2 aromatic rings. The smallest absolute Gasteiger partial charge is 0.113 e. The summed E-state index contributed by atoms with van der Waals surface area (Å²) < 4.78 is 0.770. The maximum atomic E-state index is 5.34. The van der Waals surface area contributed by atoms with Crippen LogP contribution in [0.1, 0.15) is 30.7 Å². The van der Waals surface area contributed by atoms with Gasteiger partial charge in [0.25, 0.3) is 0 Å². The fourth-order valence-electron chi connectivity index (χ4n) is 2.35. The number of benzene rings is 1. The van der Waals surface area contributed by atoms with E-state index >= 15 is 0 Å². The molecule has 0 amide bonds. The van der Waals surface area contributed by atoms with Crippen molar-refractivity contribution in [3.63, 3.8) is 0 Å². The van der Waals surface area contributed by atoms with E-state index in [1.807, 2.05) is 6.20 Å². The standard InChI is InChI=1S/C14H14N2S/c17-14-13(8-15-9-16-14)12-7-2-1-6-11(12)10-4-3-5-10/h1-2,6-10H,3-5H2,(H,15,16,17). The maximum Gasteiger partial charge on any atom is 0.113 e. The summed E-state index contributed by atoms with van der Waals surface area (Å²) in [5.41, 5.74) is 3.71. The monoisotopic (exact) mass is 242 g/mol. The van der Waals surface area contributed by atoms with Gasteiger partial charge in [-0.15, -0.1) is 0 Å². The first-order chi connectivity index (χ1) is 8.36. The molecule has 0 spiro atoms. The average molecular weight is 242 g/mol. The van der Waals surface area contributed by atoms with Crippen molar-refractivity contribution in [1.29, 1.82) is 0 Å². The molecular formula is C14H14N2S. The van der Waals surface area contributed by atoms with Crippen LogP contribution in [-0.2, 0) is 0 Å². The second-order valence-corrected chi connectivity index (χ2v) is 4.92. The van der Waals surface area contributed by atoms with Crippen LogP contribution in [0.5, 0.6) is 0 Å². The van der Waals surface area contributed by atoms with Crippen LogP contribution >= 0.6 is 12.2 Å². The van der Waals surface area contributed by atoms with E-state index < -0.39 is 0 Å². The normalized spacial score (nSPS) is 15.5. The molecule has 1 aromatic heterocycles. The Morgan fingerprint density at radius 3 is 2.71 bits per heavy atom. The van der Waals surface area contributed by atoms with Crippen molar-refractivity contribution in [3.8, 4) is 11.1 Å². The number of aromatic nitrogens is 2. The van der Waals surface area contributed by atoms with Gasteiger partial charge in [-0.05, 0) is 29.9 Å². The van der Waals surface area contributed by atoms with Gasteiger partial charge in [-0.3, -0.25) is 0 Å². The molecule has 1 saturated carbocycles. The van der Waals surface area contributed by atoms with Crippen LogP contribution in [0.4, 0.5) is 0 Å². The topological polar surface area (TPSA) is 28.7 Å². The van der Waals surface area contributed by atoms with Crippen molar-refractivity contribution >= 4 is 12.2 Å². The minimum atomic E-state index is 0.709. The Morgan fingerprint density at radius 2 is 2.00 bits per heavy atom. The van der Waals surface area contributed by atoms with Gasteiger partial charge in [0.2, 0.25) is 0 Å². The molecule has 1 fully saturated rings. The molecule has 1 N–H and O–H groups in total. The minimum Gasteiger partial charge on any atom is -0.337 e. The molecule has 1 heterocycles. The van der Waals surface area contributed by atoms with Crippen LogP contribution in [0.15, 0.2) is 36.8 Å². The summed E-state index contributed by atoms with van der Waals surface area (Å²) >= 11 is 5.34. The molecule has 1 aliphatic rings. The summed E-state index contributed by atoms with van der Waals surface area (Å²) in [6.45, 7) is 0. The first-order valence-corrected chi connectivity index (χ1v) is 6.39. The lowest BCUT2D eigenvalue weighted by atomic mass is 9.77. The van der Waals surface area contributed by atoms with Crippen molar-refractivity contribution in [3.05, 3.63) is 47.0 Å². The van der Waals surface area contributed by atoms with E-state index in [1.165, 1.54) is 30.4 Å². The first kappa shape index (κ1) is 10.7. The zero-order chi connectivity index (χ0) is 11.7. The van der Waals surface area contributed by atoms with Crippen LogP contribution in [0, 0.1) is 4.64 Å². The third-order valence-electron chi connectivity index (χ3n) is 3.51. The van der Waals surface area contributed by atoms with Gasteiger partial charge >= 0.3 is 0 Å². The summed E-state index contributed by atoms with van der Waals surface area (Å²) in [7, 11) is 0. The SMILES string of the molecule is S=c1[nH]cncc1-c1ccccc1C1CCC1. The Hall–Kier alpha value is -1.48. The lowest BCUT2D eigenvalue weighted by Crippen LogP contribution is -2.10. The summed E-state index contributed by atoms with van der Waals surface area (Å²) in [6.07, 6.45) is 7.44. The van der Waals surface area contributed by atoms with Gasteiger partial charge in [0.05, 0.1) is 6.33 Å². The van der Waals surface area contributed by atoms with Crippen LogP contribution < -0.4 is 0 Å². The van der Waals surface area contributed by atoms with Gasteiger partial charge in [-0.25, -0.2) is 4.98 Å². The minimum absolute atomic E-state index is 0.709. The number of hydrogen-bond donors (Lipinski definition) is 1. The number of rotatable bonds is 2. The third-order valence-corrected chi connectivity index (χ3v) is 3.85. The molecule has 0 bridgehead atoms. The zero-order valence-electron chi connectivity index (χ0n) is 9.52. The van der Waals surface area contributed by atoms with Gasteiger partial charge < -0.3 is 4.98 Å². The van der Waals surface area contributed by atoms with Gasteiger partial charge in [-0.2, -0.15) is 0 Å². The zero-order valence-corrected chi connectivity index (χ0v) is 10.3. The second kappa shape index (κ2) is 4.41. The summed E-state index contributed by atoms with van der Waals surface area (Å²) in [4.78, 5) is 7.15. The van der Waals surface area contributed by atoms with E-state index in [9.17, 15) is 0 Å². The predicted molar refractivity (Wildman–Crippen MR) is 71.4 cm³/mol. The molecule has 86 valence electrons. The van der Waals surface area contributed by atoms with Gasteiger partial charge in [0.1, 0.15) is 4.64 Å². The molecule has 1 aliphatic carbocycles. The Morgan fingerprint density at radius 1 is 1.18 bits per heavy atom. The summed E-state index contributed by atoms with van der Waals surface area (Å²) in [5.74, 6) is 0.709. The highest BCUT2D eigenvalue weighted by molar-refractivity contribution is 7.71. The molecule has 17 heavy (non-hydrogen) atoms. The Labute approximate surface area is 106 Å². The van der Waals surface area contributed by atoms with Crippen LogP contribution in [-0.4, -0.2) is 9.97 Å². The predicted octanol–water partition coefficient (Wildman–Crippen LogP) is 4.07. The second-order valence-electron chi connectivity index (χ2n) is 4.51. The maximum absolute atomic E-state index is 5.34. The van der Waals surface area contributed by atoms with E-state index in [0.29, 0.717) is 5.92 Å². The fraction of sp³-hybridized carbons (Fsp3) is 0.286. The molecule has 0 radical (unpaired) electrons. The number of aromatic amines is 1. The van der Waals surface area contributed by atoms with Crippen LogP contribution in [0.2, 0.25) is 0 Å². The molecule has 0 atom stereocenters. The van der Waals surface area contributed by atoms with Gasteiger partial charge in [-0.1, -0.05) is 42.9 Å². The Kier molecular flexibility index (Phi) is 2.77. The largest absolute Gasteiger partial charge is 0.337 e. The summed E-state index contributed by atoms with van der Waals surface area (Å²) in [5, 5.41) is 0. The van der Waals surface area contributed by atoms with Gasteiger partial charge in [0.15, 0.2) is 0 Å². The Balaban J connectivity index is 2.14. The molecule has 1 aromatic carbocycles. The first-order valence-electron chi connectivity index (χ1n) is 5.98. The highest BCUT2D eigenvalue weighted by atomic mass is 32.1. The van der Waals surface area contributed by atoms with E-state index in [1.54, 1.807) is 6.33 Å². The summed E-state index contributed by atoms with van der Waals surface area (Å²) in [6, 6.07) is 8.55. The van der Waals surface area contributed by atoms with Crippen molar-refractivity contribution in [2.75, 3.05) is 0 Å². The van der Waals surface area contributed by atoms with Crippen molar-refractivity contribution in [2.45, 2.75) is 25.2 Å². The third kappa shape index (κ3) is 1.91. The molecule has 3 heteroatoms. The fourth-order valence-corrected chi connectivity index (χ4v) is 2.57. The highest BCUT2D eigenvalue weighted by Gasteiger charge is 2.22. The van der Waals surface area contributed by atoms with E-state index in [0.717, 1.165) is 10.2 Å². The molecule has 2 nitrogen and oxygen atoms in total.